The second-order valence-corrected chi connectivity index (χ2v) is 6.70. The van der Waals surface area contributed by atoms with E-state index >= 15 is 0 Å². The maximum Gasteiger partial charge on any atom is 0.337 e. The maximum absolute atomic E-state index is 12.3. The van der Waals surface area contributed by atoms with Crippen LogP contribution in [0.5, 0.6) is 0 Å². The molecule has 0 saturated heterocycles. The van der Waals surface area contributed by atoms with Crippen LogP contribution in [0.15, 0.2) is 47.4 Å². The Morgan fingerprint density at radius 1 is 1.18 bits per heavy atom. The molecule has 0 heterocycles. The third kappa shape index (κ3) is 3.58. The Morgan fingerprint density at radius 2 is 1.91 bits per heavy atom. The Kier molecular flexibility index (Phi) is 4.73. The fourth-order valence-electron chi connectivity index (χ4n) is 1.83. The van der Waals surface area contributed by atoms with E-state index in [4.69, 9.17) is 11.6 Å². The lowest BCUT2D eigenvalue weighted by Gasteiger charge is -2.11. The highest BCUT2D eigenvalue weighted by Gasteiger charge is 2.17. The molecule has 2 aromatic carbocycles. The molecule has 0 unspecified atom stereocenters. The van der Waals surface area contributed by atoms with Gasteiger partial charge in [-0.25, -0.2) is 13.2 Å². The van der Waals surface area contributed by atoms with Gasteiger partial charge in [-0.05, 0) is 42.8 Å². The molecular formula is C15H14ClNO4S. The van der Waals surface area contributed by atoms with Gasteiger partial charge in [0.2, 0.25) is 0 Å². The third-order valence-corrected chi connectivity index (χ3v) is 4.61. The van der Waals surface area contributed by atoms with E-state index in [1.165, 1.54) is 31.4 Å². The fraction of sp³-hybridized carbons (Fsp3) is 0.133. The predicted octanol–water partition coefficient (Wildman–Crippen LogP) is 3.24. The summed E-state index contributed by atoms with van der Waals surface area (Å²) in [7, 11) is -2.49. The number of hydrogen-bond acceptors (Lipinski definition) is 4. The Balaban J connectivity index is 2.32. The van der Waals surface area contributed by atoms with E-state index in [1.807, 2.05) is 0 Å². The summed E-state index contributed by atoms with van der Waals surface area (Å²) in [5.74, 6) is -0.546. The number of benzene rings is 2. The summed E-state index contributed by atoms with van der Waals surface area (Å²) in [5, 5.41) is 0.110. The zero-order chi connectivity index (χ0) is 16.3. The first-order chi connectivity index (χ1) is 10.3. The minimum atomic E-state index is -3.75. The van der Waals surface area contributed by atoms with Crippen molar-refractivity contribution in [2.75, 3.05) is 11.8 Å². The molecule has 116 valence electrons. The topological polar surface area (TPSA) is 72.5 Å². The van der Waals surface area contributed by atoms with Crippen molar-refractivity contribution in [3.05, 3.63) is 58.6 Å². The van der Waals surface area contributed by atoms with Gasteiger partial charge in [0.05, 0.1) is 28.3 Å². The van der Waals surface area contributed by atoms with Crippen molar-refractivity contribution < 1.29 is 17.9 Å². The highest BCUT2D eigenvalue weighted by Crippen LogP contribution is 2.26. The van der Waals surface area contributed by atoms with Crippen molar-refractivity contribution in [2.45, 2.75) is 11.8 Å². The first kappa shape index (κ1) is 16.3. The van der Waals surface area contributed by atoms with E-state index in [9.17, 15) is 13.2 Å². The van der Waals surface area contributed by atoms with Crippen LogP contribution in [-0.4, -0.2) is 21.5 Å². The van der Waals surface area contributed by atoms with Gasteiger partial charge in [0.1, 0.15) is 0 Å². The van der Waals surface area contributed by atoms with Crippen LogP contribution < -0.4 is 4.72 Å². The van der Waals surface area contributed by atoms with Gasteiger partial charge in [-0.3, -0.25) is 4.72 Å². The van der Waals surface area contributed by atoms with E-state index in [0.29, 0.717) is 0 Å². The van der Waals surface area contributed by atoms with Gasteiger partial charge in [0.25, 0.3) is 10.0 Å². The predicted molar refractivity (Wildman–Crippen MR) is 84.8 cm³/mol. The van der Waals surface area contributed by atoms with Crippen molar-refractivity contribution >= 4 is 33.3 Å². The van der Waals surface area contributed by atoms with Gasteiger partial charge in [-0.1, -0.05) is 23.7 Å². The van der Waals surface area contributed by atoms with Gasteiger partial charge in [-0.2, -0.15) is 0 Å². The average Bonchev–Trinajstić information content (AvgIpc) is 2.48. The maximum atomic E-state index is 12.3. The van der Waals surface area contributed by atoms with Crippen molar-refractivity contribution in [1.82, 2.24) is 0 Å². The van der Waals surface area contributed by atoms with Gasteiger partial charge in [0.15, 0.2) is 0 Å². The Hall–Kier alpha value is -2.05. The van der Waals surface area contributed by atoms with Gasteiger partial charge in [0, 0.05) is 0 Å². The van der Waals surface area contributed by atoms with Gasteiger partial charge >= 0.3 is 5.97 Å². The second kappa shape index (κ2) is 6.37. The molecule has 22 heavy (non-hydrogen) atoms. The van der Waals surface area contributed by atoms with E-state index < -0.39 is 16.0 Å². The molecule has 0 spiro atoms. The van der Waals surface area contributed by atoms with Crippen molar-refractivity contribution in [2.24, 2.45) is 0 Å². The molecule has 0 aromatic heterocycles. The number of rotatable bonds is 4. The number of ether oxygens (including phenoxy) is 1. The van der Waals surface area contributed by atoms with Gasteiger partial charge in [-0.15, -0.1) is 0 Å². The van der Waals surface area contributed by atoms with Gasteiger partial charge < -0.3 is 4.74 Å². The monoisotopic (exact) mass is 339 g/mol. The van der Waals surface area contributed by atoms with E-state index in [-0.39, 0.29) is 21.2 Å². The molecule has 0 aliphatic rings. The molecule has 2 aromatic rings. The summed E-state index contributed by atoms with van der Waals surface area (Å²) < 4.78 is 31.6. The Bertz CT molecular complexity index is 818. The standard InChI is InChI=1S/C15H14ClNO4S/c1-10-4-3-5-12(8-10)22(19,20)17-14-7-6-11(9-13(14)16)15(18)21-2/h3-9,17H,1-2H3. The second-order valence-electron chi connectivity index (χ2n) is 4.61. The lowest BCUT2D eigenvalue weighted by molar-refractivity contribution is 0.0601. The highest BCUT2D eigenvalue weighted by atomic mass is 35.5. The molecule has 0 bridgehead atoms. The summed E-state index contributed by atoms with van der Waals surface area (Å²) in [4.78, 5) is 11.5. The zero-order valence-electron chi connectivity index (χ0n) is 12.0. The lowest BCUT2D eigenvalue weighted by Crippen LogP contribution is -2.13. The fourth-order valence-corrected chi connectivity index (χ4v) is 3.30. The molecular weight excluding hydrogens is 326 g/mol. The van der Waals surface area contributed by atoms with Crippen molar-refractivity contribution in [3.8, 4) is 0 Å². The number of anilines is 1. The molecule has 5 nitrogen and oxygen atoms in total. The smallest absolute Gasteiger partial charge is 0.337 e. The molecule has 0 atom stereocenters. The first-order valence-corrected chi connectivity index (χ1v) is 8.17. The number of esters is 1. The lowest BCUT2D eigenvalue weighted by atomic mass is 10.2. The Labute approximate surface area is 133 Å². The number of halogens is 1. The number of methoxy groups -OCH3 is 1. The molecule has 0 fully saturated rings. The summed E-state index contributed by atoms with van der Waals surface area (Å²) in [6.07, 6.45) is 0. The molecule has 0 radical (unpaired) electrons. The number of aryl methyl sites for hydroxylation is 1. The molecule has 1 N–H and O–H groups in total. The molecule has 0 aliphatic heterocycles. The van der Waals surface area contributed by atoms with E-state index in [0.717, 1.165) is 5.56 Å². The summed E-state index contributed by atoms with van der Waals surface area (Å²) in [5.41, 5.74) is 1.26. The zero-order valence-corrected chi connectivity index (χ0v) is 13.5. The normalized spacial score (nSPS) is 11.0. The first-order valence-electron chi connectivity index (χ1n) is 6.31. The quantitative estimate of drug-likeness (QED) is 0.868. The number of sulfonamides is 1. The molecule has 0 saturated carbocycles. The van der Waals surface area contributed by atoms with Crippen molar-refractivity contribution in [3.63, 3.8) is 0 Å². The Morgan fingerprint density at radius 3 is 2.50 bits per heavy atom. The SMILES string of the molecule is COC(=O)c1ccc(NS(=O)(=O)c2cccc(C)c2)c(Cl)c1. The number of hydrogen-bond donors (Lipinski definition) is 1. The molecule has 7 heteroatoms. The van der Waals surface area contributed by atoms with E-state index in [2.05, 4.69) is 9.46 Å². The van der Waals surface area contributed by atoms with Crippen LogP contribution in [0.3, 0.4) is 0 Å². The van der Waals surface area contributed by atoms with Crippen LogP contribution in [-0.2, 0) is 14.8 Å². The van der Waals surface area contributed by atoms with Crippen LogP contribution in [0.25, 0.3) is 0 Å². The van der Waals surface area contributed by atoms with Crippen molar-refractivity contribution in [1.29, 1.82) is 0 Å². The largest absolute Gasteiger partial charge is 0.465 e. The highest BCUT2D eigenvalue weighted by molar-refractivity contribution is 7.92. The molecule has 0 amide bonds. The van der Waals surface area contributed by atoms with Crippen LogP contribution >= 0.6 is 11.6 Å². The van der Waals surface area contributed by atoms with Crippen LogP contribution in [0.4, 0.5) is 5.69 Å². The number of nitrogens with one attached hydrogen (secondary N) is 1. The molecule has 0 aliphatic carbocycles. The van der Waals surface area contributed by atoms with E-state index in [1.54, 1.807) is 25.1 Å². The summed E-state index contributed by atoms with van der Waals surface area (Å²) >= 11 is 6.02. The summed E-state index contributed by atoms with van der Waals surface area (Å²) in [6, 6.07) is 10.7. The minimum absolute atomic E-state index is 0.110. The molecule has 2 rings (SSSR count). The van der Waals surface area contributed by atoms with Crippen LogP contribution in [0, 0.1) is 6.92 Å². The summed E-state index contributed by atoms with van der Waals surface area (Å²) in [6.45, 7) is 1.80. The number of carbonyl (C=O) groups is 1. The van der Waals surface area contributed by atoms with Crippen LogP contribution in [0.1, 0.15) is 15.9 Å². The average molecular weight is 340 g/mol. The third-order valence-electron chi connectivity index (χ3n) is 2.93. The van der Waals surface area contributed by atoms with Crippen LogP contribution in [0.2, 0.25) is 5.02 Å². The number of carbonyl (C=O) groups excluding carboxylic acids is 1. The minimum Gasteiger partial charge on any atom is -0.465 e.